The van der Waals surface area contributed by atoms with E-state index in [0.717, 1.165) is 51.4 Å². The normalized spacial score (nSPS) is 17.5. The maximum atomic E-state index is 6.23. The molecule has 0 aliphatic rings. The van der Waals surface area contributed by atoms with E-state index in [1.54, 1.807) is 0 Å². The van der Waals surface area contributed by atoms with Crippen LogP contribution in [0, 0.1) is 0 Å². The third-order valence-electron chi connectivity index (χ3n) is 4.64. The minimum atomic E-state index is -3.79. The summed E-state index contributed by atoms with van der Waals surface area (Å²) in [5, 5.41) is 0. The Bertz CT molecular complexity index is 352. The molecule has 0 amide bonds. The first kappa shape index (κ1) is 32.9. The Labute approximate surface area is 204 Å². The molecule has 0 aromatic rings. The summed E-state index contributed by atoms with van der Waals surface area (Å²) < 4.78 is 48.2. The van der Waals surface area contributed by atoms with Gasteiger partial charge in [-0.05, 0) is 53.4 Å². The van der Waals surface area contributed by atoms with E-state index in [4.69, 9.17) is 36.7 Å². The van der Waals surface area contributed by atoms with Crippen molar-refractivity contribution in [2.45, 2.75) is 132 Å². The van der Waals surface area contributed by atoms with E-state index in [2.05, 4.69) is 27.7 Å². The fourth-order valence-corrected chi connectivity index (χ4v) is 4.92. The molecular weight excluding hydrogens is 444 g/mol. The molecule has 4 unspecified atom stereocenters. The first-order chi connectivity index (χ1) is 15.8. The van der Waals surface area contributed by atoms with Crippen LogP contribution in [0.2, 0.25) is 0 Å². The minimum Gasteiger partial charge on any atom is -0.354 e. The predicted octanol–water partition coefficient (Wildman–Crippen LogP) is 6.14. The van der Waals surface area contributed by atoms with Gasteiger partial charge in [-0.3, -0.25) is 0 Å². The van der Waals surface area contributed by atoms with Crippen molar-refractivity contribution >= 4 is 9.05 Å². The lowest BCUT2D eigenvalue weighted by atomic mass is 10.4. The van der Waals surface area contributed by atoms with Gasteiger partial charge < -0.3 is 36.7 Å². The number of unbranched alkanes of at least 4 members (excludes halogenated alkanes) is 4. The van der Waals surface area contributed by atoms with Gasteiger partial charge in [-0.2, -0.15) is 0 Å². The molecule has 0 heterocycles. The van der Waals surface area contributed by atoms with Crippen molar-refractivity contribution in [3.8, 4) is 0 Å². The Balaban J connectivity index is 5.51. The molecule has 0 radical (unpaired) electrons. The largest absolute Gasteiger partial charge is 0.687 e. The molecule has 0 aromatic heterocycles. The molecule has 9 heteroatoms. The van der Waals surface area contributed by atoms with Gasteiger partial charge in [0.1, 0.15) is 0 Å². The van der Waals surface area contributed by atoms with Crippen molar-refractivity contribution < 1.29 is 36.7 Å². The topological polar surface area (TPSA) is 73.8 Å². The van der Waals surface area contributed by atoms with Crippen LogP contribution in [0.1, 0.15) is 107 Å². The van der Waals surface area contributed by atoms with Crippen molar-refractivity contribution in [1.29, 1.82) is 0 Å². The summed E-state index contributed by atoms with van der Waals surface area (Å²) in [4.78, 5) is 0. The third-order valence-corrected chi connectivity index (χ3v) is 7.13. The van der Waals surface area contributed by atoms with Crippen LogP contribution in [0.15, 0.2) is 0 Å². The Hall–Kier alpha value is -0.103. The van der Waals surface area contributed by atoms with Gasteiger partial charge in [0.2, 0.25) is 0 Å². The van der Waals surface area contributed by atoms with E-state index < -0.39 is 34.2 Å². The second kappa shape index (κ2) is 21.2. The van der Waals surface area contributed by atoms with Gasteiger partial charge in [0.05, 0.1) is 0 Å². The SMILES string of the molecule is CCCCOC(C)O[Si](OC(C)OCCCC)(OC(C)OCCCC)OC(C)OCCCC. The fourth-order valence-electron chi connectivity index (χ4n) is 2.69. The van der Waals surface area contributed by atoms with Gasteiger partial charge in [-0.1, -0.05) is 53.4 Å². The summed E-state index contributed by atoms with van der Waals surface area (Å²) >= 11 is 0. The molecule has 0 saturated carbocycles. The zero-order chi connectivity index (χ0) is 25.0. The van der Waals surface area contributed by atoms with Gasteiger partial charge in [-0.15, -0.1) is 0 Å². The highest BCUT2D eigenvalue weighted by molar-refractivity contribution is 6.53. The summed E-state index contributed by atoms with van der Waals surface area (Å²) in [6, 6.07) is 0. The highest BCUT2D eigenvalue weighted by Gasteiger charge is 2.52. The van der Waals surface area contributed by atoms with E-state index in [1.165, 1.54) is 0 Å². The van der Waals surface area contributed by atoms with Gasteiger partial charge >= 0.3 is 9.05 Å². The lowest BCUT2D eigenvalue weighted by Crippen LogP contribution is -2.57. The molecule has 0 rings (SSSR count). The molecule has 8 nitrogen and oxygen atoms in total. The highest BCUT2D eigenvalue weighted by atomic mass is 28.4. The molecule has 33 heavy (non-hydrogen) atoms. The van der Waals surface area contributed by atoms with Gasteiger partial charge in [0, 0.05) is 26.4 Å². The molecule has 0 aromatic carbocycles. The molecule has 4 atom stereocenters. The molecular formula is C24H52O8Si. The van der Waals surface area contributed by atoms with Gasteiger partial charge in [0.25, 0.3) is 0 Å². The van der Waals surface area contributed by atoms with Crippen LogP contribution in [0.25, 0.3) is 0 Å². The second-order valence-electron chi connectivity index (χ2n) is 8.14. The minimum absolute atomic E-state index is 0.579. The third kappa shape index (κ3) is 17.9. The van der Waals surface area contributed by atoms with Crippen molar-refractivity contribution in [3.05, 3.63) is 0 Å². The lowest BCUT2D eigenvalue weighted by molar-refractivity contribution is -0.234. The van der Waals surface area contributed by atoms with Crippen LogP contribution < -0.4 is 0 Å². The maximum absolute atomic E-state index is 6.23. The molecule has 200 valence electrons. The highest BCUT2D eigenvalue weighted by Crippen LogP contribution is 2.23. The lowest BCUT2D eigenvalue weighted by Gasteiger charge is -2.35. The number of rotatable bonds is 24. The molecule has 0 fully saturated rings. The van der Waals surface area contributed by atoms with E-state index in [9.17, 15) is 0 Å². The zero-order valence-corrected chi connectivity index (χ0v) is 23.6. The number of hydrogen-bond acceptors (Lipinski definition) is 8. The first-order valence-electron chi connectivity index (χ1n) is 13.0. The Kier molecular flexibility index (Phi) is 21.1. The molecule has 0 N–H and O–H groups in total. The molecule has 0 saturated heterocycles. The van der Waals surface area contributed by atoms with E-state index in [-0.39, 0.29) is 0 Å². The summed E-state index contributed by atoms with van der Waals surface area (Å²) in [6.07, 6.45) is 5.54. The number of ether oxygens (including phenoxy) is 4. The van der Waals surface area contributed by atoms with Crippen molar-refractivity contribution in [2.75, 3.05) is 26.4 Å². The average molecular weight is 497 g/mol. The summed E-state index contributed by atoms with van der Waals surface area (Å²) in [7, 11) is -3.79. The fraction of sp³-hybridized carbons (Fsp3) is 1.00. The summed E-state index contributed by atoms with van der Waals surface area (Å²) in [5.74, 6) is 0. The summed E-state index contributed by atoms with van der Waals surface area (Å²) in [6.45, 7) is 18.1. The quantitative estimate of drug-likeness (QED) is 0.0896. The Morgan fingerprint density at radius 1 is 0.424 bits per heavy atom. The van der Waals surface area contributed by atoms with Crippen LogP contribution in [0.5, 0.6) is 0 Å². The van der Waals surface area contributed by atoms with Crippen LogP contribution in [-0.2, 0) is 36.7 Å². The van der Waals surface area contributed by atoms with E-state index in [0.29, 0.717) is 26.4 Å². The standard InChI is InChI=1S/C24H52O8Si/c1-9-13-17-25-21(5)29-33(30-22(6)26-18-14-10-2,31-23(7)27-19-15-11-3)32-24(8)28-20-16-12-4/h21-24H,9-20H2,1-8H3. The molecule has 0 aliphatic carbocycles. The molecule has 0 bridgehead atoms. The van der Waals surface area contributed by atoms with Crippen LogP contribution in [0.3, 0.4) is 0 Å². The van der Waals surface area contributed by atoms with Crippen LogP contribution in [0.4, 0.5) is 0 Å². The van der Waals surface area contributed by atoms with E-state index >= 15 is 0 Å². The second-order valence-corrected chi connectivity index (χ2v) is 10.1. The van der Waals surface area contributed by atoms with Gasteiger partial charge in [0.15, 0.2) is 25.2 Å². The Morgan fingerprint density at radius 3 is 0.818 bits per heavy atom. The summed E-state index contributed by atoms with van der Waals surface area (Å²) in [5.41, 5.74) is 0. The van der Waals surface area contributed by atoms with Gasteiger partial charge in [-0.25, -0.2) is 0 Å². The predicted molar refractivity (Wildman–Crippen MR) is 131 cm³/mol. The van der Waals surface area contributed by atoms with Crippen molar-refractivity contribution in [1.82, 2.24) is 0 Å². The average Bonchev–Trinajstić information content (AvgIpc) is 2.74. The van der Waals surface area contributed by atoms with E-state index in [1.807, 2.05) is 27.7 Å². The van der Waals surface area contributed by atoms with Crippen LogP contribution >= 0.6 is 0 Å². The maximum Gasteiger partial charge on any atom is 0.687 e. The zero-order valence-electron chi connectivity index (χ0n) is 22.6. The smallest absolute Gasteiger partial charge is 0.354 e. The monoisotopic (exact) mass is 496 g/mol. The van der Waals surface area contributed by atoms with Crippen molar-refractivity contribution in [3.63, 3.8) is 0 Å². The molecule has 0 aliphatic heterocycles. The Morgan fingerprint density at radius 2 is 0.636 bits per heavy atom. The first-order valence-corrected chi connectivity index (χ1v) is 14.6. The number of hydrogen-bond donors (Lipinski definition) is 0. The van der Waals surface area contributed by atoms with Crippen LogP contribution in [-0.4, -0.2) is 60.6 Å². The molecule has 0 spiro atoms. The van der Waals surface area contributed by atoms with Crippen molar-refractivity contribution in [2.24, 2.45) is 0 Å².